The second kappa shape index (κ2) is 6.89. The van der Waals surface area contributed by atoms with Crippen LogP contribution in [0.2, 0.25) is 0 Å². The highest BCUT2D eigenvalue weighted by Crippen LogP contribution is 2.43. The Morgan fingerprint density at radius 3 is 2.40 bits per heavy atom. The molecule has 0 aromatic carbocycles. The van der Waals surface area contributed by atoms with Crippen molar-refractivity contribution in [1.29, 1.82) is 0 Å². The van der Waals surface area contributed by atoms with Gasteiger partial charge in [0, 0.05) is 23.6 Å². The van der Waals surface area contributed by atoms with E-state index < -0.39 is 0 Å². The van der Waals surface area contributed by atoms with Crippen molar-refractivity contribution in [2.75, 3.05) is 18.8 Å². The molecule has 1 saturated heterocycles. The molecule has 5 heteroatoms. The smallest absolute Gasteiger partial charge is 0.240 e. The fraction of sp³-hybridized carbons (Fsp3) is 0.933. The molecular formula is C15H29ClN2OS. The number of rotatable bonds is 1. The number of hydrogen-bond donors (Lipinski definition) is 1. The number of nitrogens with zero attached hydrogens (tertiary/aromatic N) is 1. The lowest BCUT2D eigenvalue weighted by molar-refractivity contribution is -0.135. The van der Waals surface area contributed by atoms with E-state index >= 15 is 0 Å². The van der Waals surface area contributed by atoms with E-state index in [4.69, 9.17) is 5.73 Å². The summed E-state index contributed by atoms with van der Waals surface area (Å²) in [5.41, 5.74) is 5.99. The van der Waals surface area contributed by atoms with Gasteiger partial charge in [0.15, 0.2) is 0 Å². The van der Waals surface area contributed by atoms with Crippen molar-refractivity contribution in [3.63, 3.8) is 0 Å². The van der Waals surface area contributed by atoms with Crippen LogP contribution in [0.15, 0.2) is 0 Å². The van der Waals surface area contributed by atoms with E-state index in [1.165, 1.54) is 32.1 Å². The van der Waals surface area contributed by atoms with E-state index in [1.54, 1.807) is 0 Å². The van der Waals surface area contributed by atoms with Gasteiger partial charge in [0.05, 0.1) is 6.04 Å². The molecule has 2 rings (SSSR count). The van der Waals surface area contributed by atoms with Gasteiger partial charge in [-0.3, -0.25) is 4.79 Å². The third-order valence-electron chi connectivity index (χ3n) is 4.52. The largest absolute Gasteiger partial charge is 0.339 e. The molecule has 1 aliphatic heterocycles. The van der Waals surface area contributed by atoms with Gasteiger partial charge in [0.1, 0.15) is 0 Å². The van der Waals surface area contributed by atoms with Gasteiger partial charge < -0.3 is 10.6 Å². The Morgan fingerprint density at radius 2 is 1.85 bits per heavy atom. The molecule has 0 aromatic heterocycles. The number of thioether (sulfide) groups is 1. The SMILES string of the molecule is CC(C)(C)[C@H](N)C(=O)N1CCSC2(CCCCC2)C1.Cl. The standard InChI is InChI=1S/C15H28N2OS.ClH/c1-14(2,3)12(16)13(18)17-9-10-19-15(11-17)7-5-4-6-8-15;/h12H,4-11,16H2,1-3H3;1H/t12-;/m1./s1. The minimum absolute atomic E-state index is 0. The molecular weight excluding hydrogens is 292 g/mol. The topological polar surface area (TPSA) is 46.3 Å². The van der Waals surface area contributed by atoms with Crippen LogP contribution < -0.4 is 5.73 Å². The summed E-state index contributed by atoms with van der Waals surface area (Å²) in [5.74, 6) is 1.22. The number of carbonyl (C=O) groups excluding carboxylic acids is 1. The van der Waals surface area contributed by atoms with Crippen molar-refractivity contribution < 1.29 is 4.79 Å². The van der Waals surface area contributed by atoms with E-state index in [-0.39, 0.29) is 29.8 Å². The lowest BCUT2D eigenvalue weighted by atomic mass is 9.85. The lowest BCUT2D eigenvalue weighted by Crippen LogP contribution is -2.56. The molecule has 1 atom stereocenters. The zero-order valence-corrected chi connectivity index (χ0v) is 14.6. The van der Waals surface area contributed by atoms with Crippen LogP contribution in [0.1, 0.15) is 52.9 Å². The van der Waals surface area contributed by atoms with Crippen molar-refractivity contribution in [2.24, 2.45) is 11.1 Å². The molecule has 1 spiro atoms. The summed E-state index contributed by atoms with van der Waals surface area (Å²) >= 11 is 2.09. The first-order valence-corrected chi connectivity index (χ1v) is 8.51. The van der Waals surface area contributed by atoms with E-state index in [2.05, 4.69) is 11.8 Å². The van der Waals surface area contributed by atoms with Crippen LogP contribution in [0, 0.1) is 5.41 Å². The van der Waals surface area contributed by atoms with Gasteiger partial charge in [-0.05, 0) is 18.3 Å². The fourth-order valence-corrected chi connectivity index (χ4v) is 4.67. The molecule has 1 heterocycles. The highest BCUT2D eigenvalue weighted by molar-refractivity contribution is 8.00. The number of nitrogens with two attached hydrogens (primary N) is 1. The first kappa shape index (κ1) is 18.1. The number of halogens is 1. The first-order chi connectivity index (χ1) is 8.84. The zero-order chi connectivity index (χ0) is 14.1. The van der Waals surface area contributed by atoms with Crippen LogP contribution in [-0.2, 0) is 4.79 Å². The predicted octanol–water partition coefficient (Wildman–Crippen LogP) is 3.06. The molecule has 2 N–H and O–H groups in total. The summed E-state index contributed by atoms with van der Waals surface area (Å²) in [6.07, 6.45) is 6.54. The molecule has 1 aliphatic carbocycles. The quantitative estimate of drug-likeness (QED) is 0.807. The van der Waals surface area contributed by atoms with E-state index in [9.17, 15) is 4.79 Å². The van der Waals surface area contributed by atoms with Crippen LogP contribution in [0.3, 0.4) is 0 Å². The van der Waals surface area contributed by atoms with Crippen molar-refractivity contribution in [3.8, 4) is 0 Å². The monoisotopic (exact) mass is 320 g/mol. The van der Waals surface area contributed by atoms with Crippen molar-refractivity contribution in [3.05, 3.63) is 0 Å². The first-order valence-electron chi connectivity index (χ1n) is 7.52. The van der Waals surface area contributed by atoms with Gasteiger partial charge >= 0.3 is 0 Å². The second-order valence-corrected chi connectivity index (χ2v) is 8.76. The molecule has 118 valence electrons. The summed E-state index contributed by atoms with van der Waals surface area (Å²) in [6, 6.07) is -0.378. The molecule has 0 bridgehead atoms. The Hall–Kier alpha value is 0.0700. The maximum Gasteiger partial charge on any atom is 0.240 e. The maximum atomic E-state index is 12.6. The lowest BCUT2D eigenvalue weighted by Gasteiger charge is -2.46. The Morgan fingerprint density at radius 1 is 1.25 bits per heavy atom. The van der Waals surface area contributed by atoms with E-state index in [1.807, 2.05) is 25.7 Å². The molecule has 3 nitrogen and oxygen atoms in total. The third kappa shape index (κ3) is 4.05. The van der Waals surface area contributed by atoms with Crippen molar-refractivity contribution >= 4 is 30.1 Å². The van der Waals surface area contributed by atoms with Crippen molar-refractivity contribution in [2.45, 2.75) is 63.7 Å². The van der Waals surface area contributed by atoms with Gasteiger partial charge in [-0.25, -0.2) is 0 Å². The number of hydrogen-bond acceptors (Lipinski definition) is 3. The van der Waals surface area contributed by atoms with Crippen molar-refractivity contribution in [1.82, 2.24) is 4.90 Å². The Bertz CT molecular complexity index is 332. The highest BCUT2D eigenvalue weighted by atomic mass is 35.5. The average Bonchev–Trinajstić information content (AvgIpc) is 2.37. The second-order valence-electron chi connectivity index (χ2n) is 7.20. The fourth-order valence-electron chi connectivity index (χ4n) is 3.10. The van der Waals surface area contributed by atoms with Gasteiger partial charge in [0.2, 0.25) is 5.91 Å². The Balaban J connectivity index is 0.00000200. The Labute approximate surface area is 133 Å². The van der Waals surface area contributed by atoms with Crippen LogP contribution in [0.5, 0.6) is 0 Å². The summed E-state index contributed by atoms with van der Waals surface area (Å²) in [4.78, 5) is 14.6. The van der Waals surface area contributed by atoms with Crippen LogP contribution >= 0.6 is 24.2 Å². The molecule has 1 saturated carbocycles. The normalized spacial score (nSPS) is 24.1. The molecule has 0 unspecified atom stereocenters. The molecule has 0 radical (unpaired) electrons. The molecule has 20 heavy (non-hydrogen) atoms. The van der Waals surface area contributed by atoms with Gasteiger partial charge in [-0.2, -0.15) is 11.8 Å². The van der Waals surface area contributed by atoms with Crippen LogP contribution in [0.25, 0.3) is 0 Å². The van der Waals surface area contributed by atoms with E-state index in [0.717, 1.165) is 18.8 Å². The number of amides is 1. The highest BCUT2D eigenvalue weighted by Gasteiger charge is 2.41. The summed E-state index contributed by atoms with van der Waals surface area (Å²) in [6.45, 7) is 7.93. The third-order valence-corrected chi connectivity index (χ3v) is 6.06. The summed E-state index contributed by atoms with van der Waals surface area (Å²) in [5, 5.41) is 0. The average molecular weight is 321 g/mol. The molecule has 0 aromatic rings. The van der Waals surface area contributed by atoms with Gasteiger partial charge in [0.25, 0.3) is 0 Å². The summed E-state index contributed by atoms with van der Waals surface area (Å²) in [7, 11) is 0. The molecule has 2 aliphatic rings. The minimum Gasteiger partial charge on any atom is -0.339 e. The summed E-state index contributed by atoms with van der Waals surface area (Å²) < 4.78 is 0.337. The number of carbonyl (C=O) groups is 1. The van der Waals surface area contributed by atoms with E-state index in [0.29, 0.717) is 4.75 Å². The molecule has 2 fully saturated rings. The maximum absolute atomic E-state index is 12.6. The predicted molar refractivity (Wildman–Crippen MR) is 89.5 cm³/mol. The van der Waals surface area contributed by atoms with Gasteiger partial charge in [-0.15, -0.1) is 12.4 Å². The zero-order valence-electron chi connectivity index (χ0n) is 13.0. The Kier molecular flexibility index (Phi) is 6.24. The minimum atomic E-state index is -0.378. The van der Waals surface area contributed by atoms with Crippen LogP contribution in [-0.4, -0.2) is 40.4 Å². The molecule has 1 amide bonds. The van der Waals surface area contributed by atoms with Crippen LogP contribution in [0.4, 0.5) is 0 Å². The van der Waals surface area contributed by atoms with Gasteiger partial charge in [-0.1, -0.05) is 40.0 Å².